The molecule has 0 aliphatic rings. The van der Waals surface area contributed by atoms with Crippen LogP contribution in [0.2, 0.25) is 0 Å². The number of hydrogen-bond donors (Lipinski definition) is 2. The van der Waals surface area contributed by atoms with E-state index in [-0.39, 0.29) is 11.6 Å². The molecule has 94 valence electrons. The van der Waals surface area contributed by atoms with Crippen LogP contribution in [0.15, 0.2) is 18.2 Å². The van der Waals surface area contributed by atoms with E-state index in [0.717, 1.165) is 18.6 Å². The number of carbonyl (C=O) groups excluding carboxylic acids is 1. The third-order valence-corrected chi connectivity index (χ3v) is 3.20. The van der Waals surface area contributed by atoms with Gasteiger partial charge in [-0.05, 0) is 30.4 Å². The third-order valence-electron chi connectivity index (χ3n) is 2.16. The van der Waals surface area contributed by atoms with Crippen LogP contribution in [0.3, 0.4) is 0 Å². The van der Waals surface area contributed by atoms with E-state index < -0.39 is 5.82 Å². The zero-order valence-corrected chi connectivity index (χ0v) is 10.6. The van der Waals surface area contributed by atoms with Crippen molar-refractivity contribution in [1.82, 2.24) is 0 Å². The summed E-state index contributed by atoms with van der Waals surface area (Å²) < 4.78 is 12.9. The highest BCUT2D eigenvalue weighted by molar-refractivity contribution is 7.99. The normalized spacial score (nSPS) is 10.2. The number of carbonyl (C=O) groups is 1. The summed E-state index contributed by atoms with van der Waals surface area (Å²) in [6, 6.07) is 4.17. The van der Waals surface area contributed by atoms with Crippen molar-refractivity contribution >= 4 is 29.0 Å². The Bertz CT molecular complexity index is 385. The van der Waals surface area contributed by atoms with E-state index in [2.05, 4.69) is 12.2 Å². The van der Waals surface area contributed by atoms with E-state index in [9.17, 15) is 9.18 Å². The minimum absolute atomic E-state index is 0.0430. The van der Waals surface area contributed by atoms with Crippen molar-refractivity contribution in [1.29, 1.82) is 0 Å². The molecule has 0 atom stereocenters. The molecule has 1 aromatic rings. The van der Waals surface area contributed by atoms with Gasteiger partial charge in [0.05, 0.1) is 11.4 Å². The summed E-state index contributed by atoms with van der Waals surface area (Å²) in [4.78, 5) is 11.5. The average molecular weight is 256 g/mol. The number of nitrogens with one attached hydrogen (secondary N) is 1. The molecule has 3 nitrogen and oxygen atoms in total. The number of halogens is 1. The minimum atomic E-state index is -0.472. The molecule has 17 heavy (non-hydrogen) atoms. The zero-order chi connectivity index (χ0) is 12.7. The van der Waals surface area contributed by atoms with E-state index in [4.69, 9.17) is 5.73 Å². The quantitative estimate of drug-likeness (QED) is 0.608. The Labute approximate surface area is 105 Å². The Balaban J connectivity index is 2.37. The second-order valence-corrected chi connectivity index (χ2v) is 4.80. The summed E-state index contributed by atoms with van der Waals surface area (Å²) in [6.07, 6.45) is 2.24. The molecule has 0 heterocycles. The first-order chi connectivity index (χ1) is 8.13. The fourth-order valence-electron chi connectivity index (χ4n) is 1.23. The van der Waals surface area contributed by atoms with Crippen molar-refractivity contribution in [3.8, 4) is 0 Å². The first kappa shape index (κ1) is 13.8. The van der Waals surface area contributed by atoms with E-state index in [0.29, 0.717) is 11.4 Å². The van der Waals surface area contributed by atoms with Gasteiger partial charge in [-0.2, -0.15) is 11.8 Å². The molecule has 1 rings (SSSR count). The summed E-state index contributed by atoms with van der Waals surface area (Å²) in [5, 5.41) is 2.68. The van der Waals surface area contributed by atoms with Crippen molar-refractivity contribution < 1.29 is 9.18 Å². The van der Waals surface area contributed by atoms with Gasteiger partial charge in [0.2, 0.25) is 5.91 Å². The lowest BCUT2D eigenvalue weighted by atomic mass is 10.2. The molecule has 1 aromatic carbocycles. The number of thioether (sulfide) groups is 1. The number of nitrogens with two attached hydrogens (primary N) is 1. The molecule has 0 saturated heterocycles. The molecule has 0 aromatic heterocycles. The molecule has 0 fully saturated rings. The third kappa shape index (κ3) is 5.08. The maximum Gasteiger partial charge on any atom is 0.234 e. The molecule has 0 aliphatic carbocycles. The van der Waals surface area contributed by atoms with Crippen LogP contribution in [-0.4, -0.2) is 17.4 Å². The van der Waals surface area contributed by atoms with Crippen LogP contribution in [0.5, 0.6) is 0 Å². The molecular weight excluding hydrogens is 239 g/mol. The first-order valence-electron chi connectivity index (χ1n) is 5.56. The highest BCUT2D eigenvalue weighted by Crippen LogP contribution is 2.16. The number of rotatable bonds is 6. The van der Waals surface area contributed by atoms with Crippen molar-refractivity contribution in [2.75, 3.05) is 22.6 Å². The van der Waals surface area contributed by atoms with E-state index in [1.165, 1.54) is 18.2 Å². The second kappa shape index (κ2) is 7.17. The van der Waals surface area contributed by atoms with Crippen LogP contribution in [-0.2, 0) is 4.79 Å². The molecule has 3 N–H and O–H groups in total. The Morgan fingerprint density at radius 1 is 1.53 bits per heavy atom. The van der Waals surface area contributed by atoms with Crippen LogP contribution in [0, 0.1) is 5.82 Å². The smallest absolute Gasteiger partial charge is 0.234 e. The summed E-state index contributed by atoms with van der Waals surface area (Å²) in [5.41, 5.74) is 5.98. The Kier molecular flexibility index (Phi) is 5.83. The SMILES string of the molecule is CCCCSCC(=O)Nc1ccc(F)c(N)c1. The fourth-order valence-corrected chi connectivity index (χ4v) is 2.12. The van der Waals surface area contributed by atoms with Crippen molar-refractivity contribution in [3.05, 3.63) is 24.0 Å². The molecule has 0 spiro atoms. The Morgan fingerprint density at radius 3 is 2.94 bits per heavy atom. The van der Waals surface area contributed by atoms with Gasteiger partial charge < -0.3 is 11.1 Å². The van der Waals surface area contributed by atoms with Gasteiger partial charge in [-0.1, -0.05) is 13.3 Å². The highest BCUT2D eigenvalue weighted by atomic mass is 32.2. The number of hydrogen-bond acceptors (Lipinski definition) is 3. The van der Waals surface area contributed by atoms with Crippen LogP contribution in [0.25, 0.3) is 0 Å². The number of anilines is 2. The second-order valence-electron chi connectivity index (χ2n) is 3.69. The summed E-state index contributed by atoms with van der Waals surface area (Å²) >= 11 is 1.60. The molecule has 5 heteroatoms. The largest absolute Gasteiger partial charge is 0.396 e. The van der Waals surface area contributed by atoms with Gasteiger partial charge in [0.15, 0.2) is 0 Å². The van der Waals surface area contributed by atoms with Gasteiger partial charge in [-0.15, -0.1) is 0 Å². The van der Waals surface area contributed by atoms with Gasteiger partial charge in [-0.3, -0.25) is 4.79 Å². The molecule has 1 amide bonds. The number of unbranched alkanes of at least 4 members (excludes halogenated alkanes) is 1. The van der Waals surface area contributed by atoms with Gasteiger partial charge in [0, 0.05) is 5.69 Å². The minimum Gasteiger partial charge on any atom is -0.396 e. The highest BCUT2D eigenvalue weighted by Gasteiger charge is 2.04. The zero-order valence-electron chi connectivity index (χ0n) is 9.83. The van der Waals surface area contributed by atoms with Gasteiger partial charge in [-0.25, -0.2) is 4.39 Å². The predicted molar refractivity (Wildman–Crippen MR) is 71.7 cm³/mol. The standard InChI is InChI=1S/C12H17FN2OS/c1-2-3-6-17-8-12(16)15-9-4-5-10(13)11(14)7-9/h4-5,7H,2-3,6,8,14H2,1H3,(H,15,16). The van der Waals surface area contributed by atoms with Gasteiger partial charge in [0.1, 0.15) is 5.82 Å². The monoisotopic (exact) mass is 256 g/mol. The first-order valence-corrected chi connectivity index (χ1v) is 6.71. The van der Waals surface area contributed by atoms with Gasteiger partial charge in [0.25, 0.3) is 0 Å². The lowest BCUT2D eigenvalue weighted by Gasteiger charge is -2.06. The average Bonchev–Trinajstić information content (AvgIpc) is 2.30. The molecule has 0 saturated carbocycles. The molecule has 0 radical (unpaired) electrons. The summed E-state index contributed by atoms with van der Waals surface area (Å²) in [5.74, 6) is 0.838. The Hall–Kier alpha value is -1.23. The van der Waals surface area contributed by atoms with Crippen LogP contribution < -0.4 is 11.1 Å². The lowest BCUT2D eigenvalue weighted by Crippen LogP contribution is -2.14. The van der Waals surface area contributed by atoms with E-state index >= 15 is 0 Å². The number of benzene rings is 1. The van der Waals surface area contributed by atoms with Gasteiger partial charge >= 0.3 is 0 Å². The van der Waals surface area contributed by atoms with Crippen molar-refractivity contribution in [3.63, 3.8) is 0 Å². The number of nitrogen functional groups attached to an aromatic ring is 1. The van der Waals surface area contributed by atoms with Crippen LogP contribution in [0.1, 0.15) is 19.8 Å². The van der Waals surface area contributed by atoms with E-state index in [1.807, 2.05) is 0 Å². The maximum absolute atomic E-state index is 12.9. The molecule has 0 bridgehead atoms. The summed E-state index contributed by atoms with van der Waals surface area (Å²) in [6.45, 7) is 2.11. The summed E-state index contributed by atoms with van der Waals surface area (Å²) in [7, 11) is 0. The van der Waals surface area contributed by atoms with E-state index in [1.54, 1.807) is 11.8 Å². The predicted octanol–water partition coefficient (Wildman–Crippen LogP) is 2.88. The number of amides is 1. The van der Waals surface area contributed by atoms with Crippen molar-refractivity contribution in [2.24, 2.45) is 0 Å². The molecular formula is C12H17FN2OS. The van der Waals surface area contributed by atoms with Crippen molar-refractivity contribution in [2.45, 2.75) is 19.8 Å². The lowest BCUT2D eigenvalue weighted by molar-refractivity contribution is -0.113. The Morgan fingerprint density at radius 2 is 2.29 bits per heavy atom. The fraction of sp³-hybridized carbons (Fsp3) is 0.417. The molecule has 0 unspecified atom stereocenters. The molecule has 0 aliphatic heterocycles. The topological polar surface area (TPSA) is 55.1 Å². The van der Waals surface area contributed by atoms with Crippen LogP contribution in [0.4, 0.5) is 15.8 Å². The maximum atomic E-state index is 12.9. The van der Waals surface area contributed by atoms with Crippen LogP contribution >= 0.6 is 11.8 Å².